The van der Waals surface area contributed by atoms with E-state index in [1.165, 1.54) is 0 Å². The molecule has 20 heavy (non-hydrogen) atoms. The summed E-state index contributed by atoms with van der Waals surface area (Å²) in [5, 5.41) is 0. The lowest BCUT2D eigenvalue weighted by Crippen LogP contribution is -2.40. The van der Waals surface area contributed by atoms with Gasteiger partial charge in [-0.1, -0.05) is 18.9 Å². The van der Waals surface area contributed by atoms with Gasteiger partial charge in [0.1, 0.15) is 0 Å². The van der Waals surface area contributed by atoms with E-state index >= 15 is 0 Å². The molecule has 0 atom stereocenters. The summed E-state index contributed by atoms with van der Waals surface area (Å²) < 4.78 is 0. The van der Waals surface area contributed by atoms with Gasteiger partial charge in [-0.25, -0.2) is 0 Å². The van der Waals surface area contributed by atoms with Crippen LogP contribution in [0.3, 0.4) is 0 Å². The van der Waals surface area contributed by atoms with Crippen molar-refractivity contribution in [1.29, 1.82) is 0 Å². The minimum Gasteiger partial charge on any atom is -0.396 e. The van der Waals surface area contributed by atoms with Gasteiger partial charge in [0.05, 0.1) is 23.5 Å². The smallest absolute Gasteiger partial charge is 0.250 e. The van der Waals surface area contributed by atoms with Crippen molar-refractivity contribution in [2.24, 2.45) is 11.5 Å². The van der Waals surface area contributed by atoms with Crippen LogP contribution in [0.1, 0.15) is 36.0 Å². The number of nitrogens with two attached hydrogens (primary N) is 3. The highest BCUT2D eigenvalue weighted by atomic mass is 16.1. The molecule has 2 rings (SSSR count). The van der Waals surface area contributed by atoms with Crippen LogP contribution >= 0.6 is 0 Å². The van der Waals surface area contributed by atoms with Crippen LogP contribution in [0.25, 0.3) is 0 Å². The third-order valence-corrected chi connectivity index (χ3v) is 3.75. The zero-order chi connectivity index (χ0) is 14.7. The molecule has 0 aliphatic heterocycles. The normalized spacial score (nSPS) is 15.2. The Morgan fingerprint density at radius 1 is 1.20 bits per heavy atom. The fraction of sp³-hybridized carbons (Fsp3) is 0.429. The molecule has 6 N–H and O–H groups in total. The quantitative estimate of drug-likeness (QED) is 0.683. The molecule has 0 aromatic heterocycles. The lowest BCUT2D eigenvalue weighted by atomic mass is 10.1. The van der Waals surface area contributed by atoms with E-state index < -0.39 is 11.8 Å². The lowest BCUT2D eigenvalue weighted by molar-refractivity contribution is -0.116. The van der Waals surface area contributed by atoms with Gasteiger partial charge in [0, 0.05) is 6.04 Å². The van der Waals surface area contributed by atoms with Crippen LogP contribution in [0.15, 0.2) is 18.2 Å². The second-order valence-electron chi connectivity index (χ2n) is 5.14. The number of carbonyl (C=O) groups is 2. The average Bonchev–Trinajstić information content (AvgIpc) is 2.89. The molecule has 1 fully saturated rings. The van der Waals surface area contributed by atoms with E-state index in [-0.39, 0.29) is 18.2 Å². The molecule has 0 heterocycles. The molecular weight excluding hydrogens is 256 g/mol. The highest BCUT2D eigenvalue weighted by molar-refractivity contribution is 6.01. The summed E-state index contributed by atoms with van der Waals surface area (Å²) in [5.41, 5.74) is 17.9. The number of anilines is 2. The first kappa shape index (κ1) is 14.2. The van der Waals surface area contributed by atoms with Crippen molar-refractivity contribution >= 4 is 23.2 Å². The minimum atomic E-state index is -0.574. The summed E-state index contributed by atoms with van der Waals surface area (Å²) in [6, 6.07) is 5.32. The second kappa shape index (κ2) is 5.81. The molecule has 2 amide bonds. The molecule has 1 saturated carbocycles. The number of carbonyl (C=O) groups excluding carboxylic acids is 2. The molecule has 0 bridgehead atoms. The van der Waals surface area contributed by atoms with Crippen LogP contribution in [0, 0.1) is 0 Å². The number of nitrogens with zero attached hydrogens (tertiary/aromatic N) is 1. The Balaban J connectivity index is 2.39. The molecule has 6 nitrogen and oxygen atoms in total. The number of hydrogen-bond donors (Lipinski definition) is 3. The van der Waals surface area contributed by atoms with Crippen molar-refractivity contribution in [2.45, 2.75) is 31.7 Å². The van der Waals surface area contributed by atoms with Gasteiger partial charge in [0.2, 0.25) is 5.91 Å². The molecule has 0 saturated heterocycles. The summed E-state index contributed by atoms with van der Waals surface area (Å²) in [7, 11) is 0. The fourth-order valence-electron chi connectivity index (χ4n) is 2.81. The molecule has 1 aromatic carbocycles. The van der Waals surface area contributed by atoms with Gasteiger partial charge in [0.15, 0.2) is 0 Å². The van der Waals surface area contributed by atoms with Crippen molar-refractivity contribution in [3.05, 3.63) is 23.8 Å². The van der Waals surface area contributed by atoms with Gasteiger partial charge >= 0.3 is 0 Å². The van der Waals surface area contributed by atoms with E-state index in [0.717, 1.165) is 25.7 Å². The van der Waals surface area contributed by atoms with Crippen molar-refractivity contribution in [3.63, 3.8) is 0 Å². The van der Waals surface area contributed by atoms with E-state index in [9.17, 15) is 9.59 Å². The minimum absolute atomic E-state index is 0.0943. The fourth-order valence-corrected chi connectivity index (χ4v) is 2.81. The Kier molecular flexibility index (Phi) is 4.12. The monoisotopic (exact) mass is 276 g/mol. The highest BCUT2D eigenvalue weighted by Gasteiger charge is 2.26. The standard InChI is InChI=1S/C14H20N4O2/c15-12(19)8-18(9-4-1-2-5-9)11-7-3-6-10(13(11)16)14(17)20/h3,6-7,9H,1-2,4-5,8,16H2,(H2,15,19)(H2,17,20). The SMILES string of the molecule is NC(=O)CN(c1cccc(C(N)=O)c1N)C1CCCC1. The zero-order valence-corrected chi connectivity index (χ0v) is 11.3. The number of amides is 2. The molecule has 0 unspecified atom stereocenters. The predicted molar refractivity (Wildman–Crippen MR) is 78.2 cm³/mol. The molecular formula is C14H20N4O2. The highest BCUT2D eigenvalue weighted by Crippen LogP contribution is 2.33. The zero-order valence-electron chi connectivity index (χ0n) is 11.3. The van der Waals surface area contributed by atoms with Crippen LogP contribution in [-0.2, 0) is 4.79 Å². The first-order valence-corrected chi connectivity index (χ1v) is 6.74. The predicted octanol–water partition coefficient (Wildman–Crippen LogP) is 0.602. The maximum atomic E-state index is 11.4. The maximum absolute atomic E-state index is 11.4. The molecule has 1 aromatic rings. The number of nitrogen functional groups attached to an aromatic ring is 1. The number of hydrogen-bond acceptors (Lipinski definition) is 4. The van der Waals surface area contributed by atoms with Crippen LogP contribution in [0.2, 0.25) is 0 Å². The van der Waals surface area contributed by atoms with E-state index in [4.69, 9.17) is 17.2 Å². The Hall–Kier alpha value is -2.24. The van der Waals surface area contributed by atoms with E-state index in [2.05, 4.69) is 0 Å². The average molecular weight is 276 g/mol. The lowest BCUT2D eigenvalue weighted by Gasteiger charge is -2.31. The van der Waals surface area contributed by atoms with Crippen LogP contribution in [0.4, 0.5) is 11.4 Å². The molecule has 6 heteroatoms. The molecule has 1 aliphatic rings. The molecule has 0 radical (unpaired) electrons. The topological polar surface area (TPSA) is 115 Å². The van der Waals surface area contributed by atoms with Crippen LogP contribution < -0.4 is 22.1 Å². The van der Waals surface area contributed by atoms with Crippen molar-refractivity contribution in [3.8, 4) is 0 Å². The molecule has 108 valence electrons. The van der Waals surface area contributed by atoms with Crippen molar-refractivity contribution < 1.29 is 9.59 Å². The number of para-hydroxylation sites is 1. The van der Waals surface area contributed by atoms with Gasteiger partial charge in [-0.3, -0.25) is 9.59 Å². The Morgan fingerprint density at radius 3 is 2.40 bits per heavy atom. The third kappa shape index (κ3) is 2.84. The van der Waals surface area contributed by atoms with E-state index in [1.807, 2.05) is 4.90 Å². The van der Waals surface area contributed by atoms with Crippen LogP contribution in [0.5, 0.6) is 0 Å². The van der Waals surface area contributed by atoms with E-state index in [1.54, 1.807) is 18.2 Å². The Bertz CT molecular complexity index is 524. The Morgan fingerprint density at radius 2 is 1.85 bits per heavy atom. The second-order valence-corrected chi connectivity index (χ2v) is 5.14. The number of primary amides is 2. The maximum Gasteiger partial charge on any atom is 0.250 e. The van der Waals surface area contributed by atoms with Crippen molar-refractivity contribution in [2.75, 3.05) is 17.2 Å². The van der Waals surface area contributed by atoms with Crippen molar-refractivity contribution in [1.82, 2.24) is 0 Å². The van der Waals surface area contributed by atoms with Gasteiger partial charge in [0.25, 0.3) is 5.91 Å². The molecule has 0 spiro atoms. The van der Waals surface area contributed by atoms with E-state index in [0.29, 0.717) is 11.4 Å². The molecule has 1 aliphatic carbocycles. The first-order valence-electron chi connectivity index (χ1n) is 6.74. The van der Waals surface area contributed by atoms with Gasteiger partial charge < -0.3 is 22.1 Å². The summed E-state index contributed by atoms with van der Waals surface area (Å²) in [4.78, 5) is 24.6. The number of benzene rings is 1. The van der Waals surface area contributed by atoms with Gasteiger partial charge in [-0.2, -0.15) is 0 Å². The van der Waals surface area contributed by atoms with Gasteiger partial charge in [-0.05, 0) is 25.0 Å². The Labute approximate surface area is 117 Å². The summed E-state index contributed by atoms with van der Waals surface area (Å²) in [6.45, 7) is 0.0943. The third-order valence-electron chi connectivity index (χ3n) is 3.75. The summed E-state index contributed by atoms with van der Waals surface area (Å²) in [6.07, 6.45) is 4.23. The van der Waals surface area contributed by atoms with Crippen LogP contribution in [-0.4, -0.2) is 24.4 Å². The number of rotatable bonds is 5. The first-order chi connectivity index (χ1) is 9.50. The van der Waals surface area contributed by atoms with Gasteiger partial charge in [-0.15, -0.1) is 0 Å². The summed E-state index contributed by atoms with van der Waals surface area (Å²) >= 11 is 0. The summed E-state index contributed by atoms with van der Waals surface area (Å²) in [5.74, 6) is -0.990. The largest absolute Gasteiger partial charge is 0.396 e.